The summed E-state index contributed by atoms with van der Waals surface area (Å²) >= 11 is 0. The molecule has 0 aliphatic heterocycles. The van der Waals surface area contributed by atoms with Crippen molar-refractivity contribution < 1.29 is 9.48 Å². The molecule has 0 N–H and O–H groups in total. The largest absolute Gasteiger partial charge is 0.206 e. The Balaban J connectivity index is 4.06. The highest BCUT2D eigenvalue weighted by atomic mass is 16.7. The van der Waals surface area contributed by atoms with E-state index in [-0.39, 0.29) is 0 Å². The number of quaternary nitrogens is 1. The van der Waals surface area contributed by atoms with E-state index in [4.69, 9.17) is 4.84 Å². The molecule has 12 heavy (non-hydrogen) atoms. The normalized spacial score (nSPS) is 12.0. The molecule has 74 valence electrons. The monoisotopic (exact) mass is 174 g/mol. The van der Waals surface area contributed by atoms with Crippen LogP contribution in [-0.4, -0.2) is 31.4 Å². The van der Waals surface area contributed by atoms with Crippen LogP contribution in [0.25, 0.3) is 0 Å². The highest BCUT2D eigenvalue weighted by molar-refractivity contribution is 4.35. The van der Waals surface area contributed by atoms with Crippen molar-refractivity contribution in [2.45, 2.75) is 40.0 Å². The molecule has 0 saturated heterocycles. The van der Waals surface area contributed by atoms with Gasteiger partial charge in [0, 0.05) is 0 Å². The van der Waals surface area contributed by atoms with Gasteiger partial charge in [-0.3, -0.25) is 0 Å². The number of hydroxylamine groups is 3. The molecule has 0 aromatic heterocycles. The van der Waals surface area contributed by atoms with Gasteiger partial charge in [-0.2, -0.15) is 4.65 Å². The summed E-state index contributed by atoms with van der Waals surface area (Å²) in [5, 5.41) is 0. The zero-order valence-corrected chi connectivity index (χ0v) is 9.10. The first kappa shape index (κ1) is 11.9. The molecular weight excluding hydrogens is 150 g/mol. The topological polar surface area (TPSA) is 9.23 Å². The van der Waals surface area contributed by atoms with Crippen molar-refractivity contribution >= 4 is 0 Å². The van der Waals surface area contributed by atoms with Crippen LogP contribution in [0.3, 0.4) is 0 Å². The maximum Gasteiger partial charge on any atom is 0.109 e. The molecule has 2 heteroatoms. The molecule has 0 bridgehead atoms. The average Bonchev–Trinajstić information content (AvgIpc) is 2.06. The van der Waals surface area contributed by atoms with E-state index in [1.54, 1.807) is 0 Å². The highest BCUT2D eigenvalue weighted by Gasteiger charge is 2.24. The van der Waals surface area contributed by atoms with E-state index in [9.17, 15) is 0 Å². The summed E-state index contributed by atoms with van der Waals surface area (Å²) in [4.78, 5) is 5.60. The minimum atomic E-state index is 0.851. The Kier molecular flexibility index (Phi) is 6.39. The molecule has 0 radical (unpaired) electrons. The van der Waals surface area contributed by atoms with Gasteiger partial charge in [0.2, 0.25) is 0 Å². The zero-order valence-electron chi connectivity index (χ0n) is 9.10. The van der Waals surface area contributed by atoms with Crippen LogP contribution >= 0.6 is 0 Å². The van der Waals surface area contributed by atoms with Crippen LogP contribution in [0.1, 0.15) is 40.0 Å². The Morgan fingerprint density at radius 1 is 0.833 bits per heavy atom. The molecule has 2 nitrogen and oxygen atoms in total. The van der Waals surface area contributed by atoms with Crippen LogP contribution in [0.2, 0.25) is 0 Å². The molecule has 0 fully saturated rings. The van der Waals surface area contributed by atoms with Crippen molar-refractivity contribution in [2.75, 3.05) is 26.7 Å². The first-order valence-electron chi connectivity index (χ1n) is 5.16. The lowest BCUT2D eigenvalue weighted by Gasteiger charge is -2.33. The summed E-state index contributed by atoms with van der Waals surface area (Å²) in [6.07, 6.45) is 3.61. The van der Waals surface area contributed by atoms with Gasteiger partial charge in [-0.05, 0) is 19.3 Å². The molecule has 0 aliphatic rings. The molecule has 0 rings (SSSR count). The van der Waals surface area contributed by atoms with Gasteiger partial charge in [0.1, 0.15) is 19.6 Å². The number of nitrogens with zero attached hydrogens (tertiary/aromatic N) is 1. The van der Waals surface area contributed by atoms with Crippen molar-refractivity contribution in [3.8, 4) is 0 Å². The molecule has 0 heterocycles. The predicted octanol–water partition coefficient (Wildman–Crippen LogP) is 2.59. The minimum absolute atomic E-state index is 0.851. The third-order valence-corrected chi connectivity index (χ3v) is 2.28. The number of hydrogen-bond acceptors (Lipinski definition) is 1. The maximum atomic E-state index is 5.60. The van der Waals surface area contributed by atoms with E-state index < -0.39 is 0 Å². The lowest BCUT2D eigenvalue weighted by Crippen LogP contribution is -2.48. The van der Waals surface area contributed by atoms with Crippen LogP contribution in [0.4, 0.5) is 0 Å². The van der Waals surface area contributed by atoms with Crippen LogP contribution < -0.4 is 0 Å². The van der Waals surface area contributed by atoms with Crippen molar-refractivity contribution in [2.24, 2.45) is 0 Å². The molecule has 0 aromatic carbocycles. The van der Waals surface area contributed by atoms with E-state index >= 15 is 0 Å². The third kappa shape index (κ3) is 3.55. The second kappa shape index (κ2) is 6.44. The van der Waals surface area contributed by atoms with Gasteiger partial charge < -0.3 is 0 Å². The van der Waals surface area contributed by atoms with Gasteiger partial charge in [-0.15, -0.1) is 0 Å². The molecular formula is C10H24NO+. The van der Waals surface area contributed by atoms with E-state index in [1.165, 1.54) is 19.3 Å². The molecule has 0 spiro atoms. The van der Waals surface area contributed by atoms with Crippen molar-refractivity contribution in [1.29, 1.82) is 0 Å². The Morgan fingerprint density at radius 3 is 1.33 bits per heavy atom. The van der Waals surface area contributed by atoms with Gasteiger partial charge in [-0.1, -0.05) is 20.8 Å². The van der Waals surface area contributed by atoms with E-state index in [1.807, 2.05) is 7.11 Å². The number of rotatable bonds is 7. The molecule has 0 aromatic rings. The third-order valence-electron chi connectivity index (χ3n) is 2.28. The second-order valence-electron chi connectivity index (χ2n) is 3.41. The maximum absolute atomic E-state index is 5.60. The molecule has 0 amide bonds. The summed E-state index contributed by atoms with van der Waals surface area (Å²) in [5.74, 6) is 0. The number of hydrogen-bond donors (Lipinski definition) is 0. The van der Waals surface area contributed by atoms with Gasteiger partial charge in [0.05, 0.1) is 7.11 Å². The smallest absolute Gasteiger partial charge is 0.109 e. The predicted molar refractivity (Wildman–Crippen MR) is 52.7 cm³/mol. The summed E-state index contributed by atoms with van der Waals surface area (Å²) < 4.78 is 0.851. The zero-order chi connectivity index (χ0) is 9.45. The summed E-state index contributed by atoms with van der Waals surface area (Å²) in [5.41, 5.74) is 0. The van der Waals surface area contributed by atoms with Crippen molar-refractivity contribution in [3.63, 3.8) is 0 Å². The lowest BCUT2D eigenvalue weighted by molar-refractivity contribution is -1.10. The van der Waals surface area contributed by atoms with Crippen molar-refractivity contribution in [1.82, 2.24) is 0 Å². The Morgan fingerprint density at radius 2 is 1.17 bits per heavy atom. The standard InChI is InChI=1S/C10H24NO/c1-5-8-11(12-4,9-6-2)10-7-3/h5-10H2,1-4H3/q+1. The fraction of sp³-hybridized carbons (Fsp3) is 1.00. The fourth-order valence-electron chi connectivity index (χ4n) is 1.83. The van der Waals surface area contributed by atoms with Gasteiger partial charge >= 0.3 is 0 Å². The summed E-state index contributed by atoms with van der Waals surface area (Å²) in [7, 11) is 1.83. The first-order valence-corrected chi connectivity index (χ1v) is 5.16. The molecule has 0 saturated carbocycles. The van der Waals surface area contributed by atoms with E-state index in [0.717, 1.165) is 24.3 Å². The lowest BCUT2D eigenvalue weighted by atomic mass is 10.3. The highest BCUT2D eigenvalue weighted by Crippen LogP contribution is 2.11. The minimum Gasteiger partial charge on any atom is -0.206 e. The van der Waals surface area contributed by atoms with E-state index in [0.29, 0.717) is 0 Å². The van der Waals surface area contributed by atoms with Gasteiger partial charge in [-0.25, -0.2) is 4.84 Å². The van der Waals surface area contributed by atoms with Crippen LogP contribution in [-0.2, 0) is 4.84 Å². The van der Waals surface area contributed by atoms with Crippen LogP contribution in [0.5, 0.6) is 0 Å². The molecule has 0 aliphatic carbocycles. The molecule has 0 atom stereocenters. The van der Waals surface area contributed by atoms with Crippen LogP contribution in [0, 0.1) is 0 Å². The van der Waals surface area contributed by atoms with Gasteiger partial charge in [0.25, 0.3) is 0 Å². The SMILES string of the molecule is CCC[N+](CCC)(CCC)OC. The Bertz CT molecular complexity index is 87.0. The first-order chi connectivity index (χ1) is 5.74. The Hall–Kier alpha value is -0.0800. The Labute approximate surface area is 77.1 Å². The van der Waals surface area contributed by atoms with Crippen LogP contribution in [0.15, 0.2) is 0 Å². The summed E-state index contributed by atoms with van der Waals surface area (Å²) in [6, 6.07) is 0. The second-order valence-corrected chi connectivity index (χ2v) is 3.41. The average molecular weight is 174 g/mol. The fourth-order valence-corrected chi connectivity index (χ4v) is 1.83. The van der Waals surface area contributed by atoms with E-state index in [2.05, 4.69) is 20.8 Å². The van der Waals surface area contributed by atoms with Gasteiger partial charge in [0.15, 0.2) is 0 Å². The summed E-state index contributed by atoms with van der Waals surface area (Å²) in [6.45, 7) is 10.1. The quantitative estimate of drug-likeness (QED) is 0.426. The molecule has 0 unspecified atom stereocenters. The van der Waals surface area contributed by atoms with Crippen molar-refractivity contribution in [3.05, 3.63) is 0 Å².